The molecule has 1 fully saturated rings. The molecule has 0 radical (unpaired) electrons. The lowest BCUT2D eigenvalue weighted by Gasteiger charge is -2.32. The van der Waals surface area contributed by atoms with Crippen molar-refractivity contribution in [2.75, 3.05) is 39.0 Å². The lowest BCUT2D eigenvalue weighted by Crippen LogP contribution is -2.43. The standard InChI is InChI=1S/C22H24N8O/c1-28-8-10-29(11-9-28)12-15-2-4-16(5-3-15)18-13-30(27-20(18)23)21-19-17(6-7-24-21)22(31)26-14-25-19/h2-7,13-14H,8-12H2,1H3,(H2,23,27)(H,25,26,31). The molecule has 158 valence electrons. The summed E-state index contributed by atoms with van der Waals surface area (Å²) in [4.78, 5) is 28.1. The highest BCUT2D eigenvalue weighted by atomic mass is 16.1. The van der Waals surface area contributed by atoms with Crippen LogP contribution in [0.25, 0.3) is 27.8 Å². The molecule has 0 spiro atoms. The van der Waals surface area contributed by atoms with Gasteiger partial charge in [-0.05, 0) is 24.2 Å². The highest BCUT2D eigenvalue weighted by molar-refractivity contribution is 5.84. The fourth-order valence-electron chi connectivity index (χ4n) is 3.93. The summed E-state index contributed by atoms with van der Waals surface area (Å²) in [6.45, 7) is 5.34. The molecule has 0 saturated carbocycles. The van der Waals surface area contributed by atoms with Crippen LogP contribution in [0.15, 0.2) is 53.8 Å². The highest BCUT2D eigenvalue weighted by Gasteiger charge is 2.16. The summed E-state index contributed by atoms with van der Waals surface area (Å²) < 4.78 is 1.58. The minimum Gasteiger partial charge on any atom is -0.382 e. The van der Waals surface area contributed by atoms with Gasteiger partial charge in [0.1, 0.15) is 5.52 Å². The van der Waals surface area contributed by atoms with Crippen LogP contribution in [0.3, 0.4) is 0 Å². The van der Waals surface area contributed by atoms with Gasteiger partial charge in [0.25, 0.3) is 5.56 Å². The smallest absolute Gasteiger partial charge is 0.258 e. The van der Waals surface area contributed by atoms with Crippen molar-refractivity contribution in [2.24, 2.45) is 0 Å². The van der Waals surface area contributed by atoms with Crippen LogP contribution in [-0.2, 0) is 6.54 Å². The molecule has 31 heavy (non-hydrogen) atoms. The van der Waals surface area contributed by atoms with E-state index in [1.54, 1.807) is 16.9 Å². The number of pyridine rings is 1. The van der Waals surface area contributed by atoms with Crippen molar-refractivity contribution < 1.29 is 0 Å². The van der Waals surface area contributed by atoms with Crippen LogP contribution < -0.4 is 11.3 Å². The second kappa shape index (κ2) is 7.93. The van der Waals surface area contributed by atoms with E-state index < -0.39 is 0 Å². The number of benzene rings is 1. The van der Waals surface area contributed by atoms with Crippen LogP contribution in [0, 0.1) is 0 Å². The van der Waals surface area contributed by atoms with E-state index in [0.29, 0.717) is 22.5 Å². The Bertz CT molecular complexity index is 1270. The summed E-state index contributed by atoms with van der Waals surface area (Å²) in [6, 6.07) is 10.1. The topological polar surface area (TPSA) is 109 Å². The van der Waals surface area contributed by atoms with Crippen molar-refractivity contribution in [1.29, 1.82) is 0 Å². The average molecular weight is 416 g/mol. The predicted octanol–water partition coefficient (Wildman–Crippen LogP) is 1.50. The molecule has 0 bridgehead atoms. The zero-order valence-corrected chi connectivity index (χ0v) is 17.3. The van der Waals surface area contributed by atoms with Gasteiger partial charge in [0.2, 0.25) is 0 Å². The number of fused-ring (bicyclic) bond motifs is 1. The fraction of sp³-hybridized carbons (Fsp3) is 0.273. The Morgan fingerprint density at radius 3 is 2.61 bits per heavy atom. The second-order valence-corrected chi connectivity index (χ2v) is 7.91. The first-order chi connectivity index (χ1) is 15.1. The molecule has 0 atom stereocenters. The van der Waals surface area contributed by atoms with E-state index in [-0.39, 0.29) is 5.56 Å². The van der Waals surface area contributed by atoms with Crippen LogP contribution in [0.4, 0.5) is 5.82 Å². The minimum atomic E-state index is -0.218. The van der Waals surface area contributed by atoms with Crippen LogP contribution in [0.1, 0.15) is 5.56 Å². The molecular weight excluding hydrogens is 392 g/mol. The first-order valence-corrected chi connectivity index (χ1v) is 10.3. The number of piperazine rings is 1. The van der Waals surface area contributed by atoms with E-state index in [0.717, 1.165) is 43.9 Å². The third kappa shape index (κ3) is 3.80. The van der Waals surface area contributed by atoms with Gasteiger partial charge < -0.3 is 15.6 Å². The molecule has 0 amide bonds. The number of H-pyrrole nitrogens is 1. The third-order valence-corrected chi connectivity index (χ3v) is 5.77. The van der Waals surface area contributed by atoms with Crippen molar-refractivity contribution in [3.63, 3.8) is 0 Å². The second-order valence-electron chi connectivity index (χ2n) is 7.91. The van der Waals surface area contributed by atoms with Gasteiger partial charge in [0, 0.05) is 50.7 Å². The quantitative estimate of drug-likeness (QED) is 0.519. The molecule has 0 unspecified atom stereocenters. The summed E-state index contributed by atoms with van der Waals surface area (Å²) in [6.07, 6.45) is 4.76. The maximum atomic E-state index is 12.1. The number of hydrogen-bond donors (Lipinski definition) is 2. The zero-order chi connectivity index (χ0) is 21.4. The lowest BCUT2D eigenvalue weighted by atomic mass is 10.1. The van der Waals surface area contributed by atoms with Gasteiger partial charge >= 0.3 is 0 Å². The van der Waals surface area contributed by atoms with Crippen LogP contribution in [-0.4, -0.2) is 67.8 Å². The van der Waals surface area contributed by atoms with Gasteiger partial charge in [0.15, 0.2) is 11.6 Å². The van der Waals surface area contributed by atoms with Gasteiger partial charge in [-0.15, -0.1) is 5.10 Å². The van der Waals surface area contributed by atoms with E-state index in [1.807, 2.05) is 6.20 Å². The molecule has 3 N–H and O–H groups in total. The number of nitrogens with zero attached hydrogens (tertiary/aromatic N) is 6. The van der Waals surface area contributed by atoms with Gasteiger partial charge in [-0.2, -0.15) is 0 Å². The molecular formula is C22H24N8O. The number of aromatic amines is 1. The Morgan fingerprint density at radius 1 is 1.06 bits per heavy atom. The maximum absolute atomic E-state index is 12.1. The largest absolute Gasteiger partial charge is 0.382 e. The fourth-order valence-corrected chi connectivity index (χ4v) is 3.93. The van der Waals surface area contributed by atoms with E-state index in [4.69, 9.17) is 5.73 Å². The monoisotopic (exact) mass is 416 g/mol. The van der Waals surface area contributed by atoms with Gasteiger partial charge in [-0.1, -0.05) is 24.3 Å². The zero-order valence-electron chi connectivity index (χ0n) is 17.3. The van der Waals surface area contributed by atoms with Crippen molar-refractivity contribution in [3.05, 3.63) is 65.0 Å². The SMILES string of the molecule is CN1CCN(Cc2ccc(-c3cn(-c4nccc5c(=O)[nH]cnc45)nc3N)cc2)CC1. The summed E-state index contributed by atoms with van der Waals surface area (Å²) in [5, 5.41) is 4.88. The summed E-state index contributed by atoms with van der Waals surface area (Å²) in [7, 11) is 2.17. The van der Waals surface area contributed by atoms with Gasteiger partial charge in [0.05, 0.1) is 11.7 Å². The molecule has 4 heterocycles. The number of nitrogen functional groups attached to an aromatic ring is 1. The van der Waals surface area contributed by atoms with Crippen molar-refractivity contribution in [1.82, 2.24) is 34.5 Å². The first-order valence-electron chi connectivity index (χ1n) is 10.3. The Balaban J connectivity index is 1.41. The molecule has 4 aromatic rings. The van der Waals surface area contributed by atoms with Gasteiger partial charge in [-0.3, -0.25) is 9.69 Å². The normalized spacial score (nSPS) is 15.5. The summed E-state index contributed by atoms with van der Waals surface area (Å²) >= 11 is 0. The predicted molar refractivity (Wildman–Crippen MR) is 120 cm³/mol. The van der Waals surface area contributed by atoms with E-state index in [2.05, 4.69) is 61.2 Å². The molecule has 1 aliphatic heterocycles. The minimum absolute atomic E-state index is 0.218. The number of anilines is 1. The molecule has 1 saturated heterocycles. The molecule has 5 rings (SSSR count). The van der Waals surface area contributed by atoms with Crippen molar-refractivity contribution >= 4 is 16.7 Å². The van der Waals surface area contributed by atoms with Crippen LogP contribution in [0.2, 0.25) is 0 Å². The van der Waals surface area contributed by atoms with Crippen molar-refractivity contribution in [2.45, 2.75) is 6.54 Å². The first kappa shape index (κ1) is 19.4. The summed E-state index contributed by atoms with van der Waals surface area (Å²) in [5.74, 6) is 0.865. The number of aromatic nitrogens is 5. The molecule has 3 aromatic heterocycles. The molecule has 9 heteroatoms. The van der Waals surface area contributed by atoms with Crippen LogP contribution >= 0.6 is 0 Å². The molecule has 1 aliphatic rings. The summed E-state index contributed by atoms with van der Waals surface area (Å²) in [5.41, 5.74) is 9.56. The number of nitrogens with one attached hydrogen (secondary N) is 1. The van der Waals surface area contributed by atoms with Crippen LogP contribution in [0.5, 0.6) is 0 Å². The highest BCUT2D eigenvalue weighted by Crippen LogP contribution is 2.27. The molecule has 1 aromatic carbocycles. The number of rotatable bonds is 4. The Morgan fingerprint density at radius 2 is 1.84 bits per heavy atom. The Hall–Kier alpha value is -3.56. The lowest BCUT2D eigenvalue weighted by molar-refractivity contribution is 0.148. The van der Waals surface area contributed by atoms with Gasteiger partial charge in [-0.25, -0.2) is 14.6 Å². The number of likely N-dealkylation sites (N-methyl/N-ethyl adjacent to an activating group) is 1. The molecule has 0 aliphatic carbocycles. The molecule has 9 nitrogen and oxygen atoms in total. The Kier molecular flexibility index (Phi) is 4.97. The maximum Gasteiger partial charge on any atom is 0.258 e. The average Bonchev–Trinajstić information content (AvgIpc) is 3.17. The number of nitrogens with two attached hydrogens (primary N) is 1. The van der Waals surface area contributed by atoms with E-state index >= 15 is 0 Å². The Labute approximate surface area is 179 Å². The van der Waals surface area contributed by atoms with Crippen molar-refractivity contribution in [3.8, 4) is 16.9 Å². The number of hydrogen-bond acceptors (Lipinski definition) is 7. The van der Waals surface area contributed by atoms with E-state index in [1.165, 1.54) is 11.9 Å². The third-order valence-electron chi connectivity index (χ3n) is 5.77. The van der Waals surface area contributed by atoms with E-state index in [9.17, 15) is 4.79 Å².